The lowest BCUT2D eigenvalue weighted by atomic mass is 10.1. The maximum atomic E-state index is 5.86. The molecule has 1 rings (SSSR count). The molecule has 2 heteroatoms. The van der Waals surface area contributed by atoms with E-state index in [1.807, 2.05) is 0 Å². The third-order valence-electron chi connectivity index (χ3n) is 3.22. The first-order valence-corrected chi connectivity index (χ1v) is 7.12. The summed E-state index contributed by atoms with van der Waals surface area (Å²) in [5, 5.41) is 3.54. The Morgan fingerprint density at radius 2 is 1.78 bits per heavy atom. The quantitative estimate of drug-likeness (QED) is 0.759. The summed E-state index contributed by atoms with van der Waals surface area (Å²) in [6.07, 6.45) is 2.24. The maximum absolute atomic E-state index is 5.86. The maximum Gasteiger partial charge on any atom is 0.119 e. The fourth-order valence-corrected chi connectivity index (χ4v) is 1.82. The summed E-state index contributed by atoms with van der Waals surface area (Å²) >= 11 is 0. The molecule has 0 amide bonds. The molecular weight excluding hydrogens is 222 g/mol. The highest BCUT2D eigenvalue weighted by molar-refractivity contribution is 5.27. The Bertz CT molecular complexity index is 318. The van der Waals surface area contributed by atoms with Gasteiger partial charge in [0.1, 0.15) is 12.4 Å². The number of nitrogens with one attached hydrogen (secondary N) is 1. The van der Waals surface area contributed by atoms with Crippen molar-refractivity contribution in [3.8, 4) is 5.75 Å². The molecule has 1 aromatic carbocycles. The zero-order valence-electron chi connectivity index (χ0n) is 12.2. The molecule has 18 heavy (non-hydrogen) atoms. The van der Waals surface area contributed by atoms with Crippen LogP contribution in [0.25, 0.3) is 0 Å². The summed E-state index contributed by atoms with van der Waals surface area (Å²) in [7, 11) is 0. The van der Waals surface area contributed by atoms with Crippen molar-refractivity contribution < 1.29 is 4.74 Å². The second kappa shape index (κ2) is 8.15. The minimum Gasteiger partial charge on any atom is -0.492 e. The highest BCUT2D eigenvalue weighted by Gasteiger charge is 2.12. The molecule has 0 aromatic heterocycles. The minimum absolute atomic E-state index is 0.427. The standard InChI is InChI=1S/C16H27NO/c1-5-11-17-16(13(3)4)12-18-15-9-7-14(6-2)8-10-15/h7-10,13,16-17H,5-6,11-12H2,1-4H3. The van der Waals surface area contributed by atoms with Gasteiger partial charge >= 0.3 is 0 Å². The first kappa shape index (κ1) is 15.0. The highest BCUT2D eigenvalue weighted by Crippen LogP contribution is 2.14. The molecule has 102 valence electrons. The zero-order valence-corrected chi connectivity index (χ0v) is 12.2. The Balaban J connectivity index is 2.44. The van der Waals surface area contributed by atoms with Gasteiger partial charge in [0, 0.05) is 6.04 Å². The molecule has 1 unspecified atom stereocenters. The molecular formula is C16H27NO. The number of hydrogen-bond acceptors (Lipinski definition) is 2. The fourth-order valence-electron chi connectivity index (χ4n) is 1.82. The third kappa shape index (κ3) is 5.09. The van der Waals surface area contributed by atoms with Crippen LogP contribution in [0.2, 0.25) is 0 Å². The predicted molar refractivity (Wildman–Crippen MR) is 78.2 cm³/mol. The van der Waals surface area contributed by atoms with Gasteiger partial charge in [0.2, 0.25) is 0 Å². The van der Waals surface area contributed by atoms with Gasteiger partial charge in [-0.2, -0.15) is 0 Å². The van der Waals surface area contributed by atoms with E-state index in [1.54, 1.807) is 0 Å². The van der Waals surface area contributed by atoms with E-state index in [4.69, 9.17) is 4.74 Å². The largest absolute Gasteiger partial charge is 0.492 e. The monoisotopic (exact) mass is 249 g/mol. The minimum atomic E-state index is 0.427. The summed E-state index contributed by atoms with van der Waals surface area (Å²) in [5.41, 5.74) is 1.35. The van der Waals surface area contributed by atoms with E-state index in [0.717, 1.165) is 31.7 Å². The highest BCUT2D eigenvalue weighted by atomic mass is 16.5. The smallest absolute Gasteiger partial charge is 0.119 e. The van der Waals surface area contributed by atoms with Crippen molar-refractivity contribution in [3.63, 3.8) is 0 Å². The molecule has 0 aliphatic heterocycles. The van der Waals surface area contributed by atoms with Gasteiger partial charge in [0.15, 0.2) is 0 Å². The first-order valence-electron chi connectivity index (χ1n) is 7.12. The van der Waals surface area contributed by atoms with Crippen molar-refractivity contribution in [2.75, 3.05) is 13.2 Å². The Morgan fingerprint density at radius 3 is 2.28 bits per heavy atom. The topological polar surface area (TPSA) is 21.3 Å². The van der Waals surface area contributed by atoms with E-state index in [0.29, 0.717) is 12.0 Å². The number of benzene rings is 1. The summed E-state index contributed by atoms with van der Waals surface area (Å²) in [4.78, 5) is 0. The molecule has 0 bridgehead atoms. The van der Waals surface area contributed by atoms with Gasteiger partial charge in [-0.15, -0.1) is 0 Å². The SMILES string of the molecule is CCCNC(COc1ccc(CC)cc1)C(C)C. The molecule has 1 N–H and O–H groups in total. The lowest BCUT2D eigenvalue weighted by Crippen LogP contribution is -2.39. The molecule has 0 aliphatic carbocycles. The van der Waals surface area contributed by atoms with Gasteiger partial charge in [-0.05, 0) is 43.0 Å². The van der Waals surface area contributed by atoms with E-state index in [-0.39, 0.29) is 0 Å². The first-order chi connectivity index (χ1) is 8.67. The van der Waals surface area contributed by atoms with Crippen molar-refractivity contribution in [1.82, 2.24) is 5.32 Å². The third-order valence-corrected chi connectivity index (χ3v) is 3.22. The zero-order chi connectivity index (χ0) is 13.4. The Labute approximate surface area is 112 Å². The predicted octanol–water partition coefficient (Wildman–Crippen LogP) is 3.65. The van der Waals surface area contributed by atoms with Crippen LogP contribution in [0, 0.1) is 5.92 Å². The molecule has 0 spiro atoms. The molecule has 2 nitrogen and oxygen atoms in total. The normalized spacial score (nSPS) is 12.7. The van der Waals surface area contributed by atoms with Crippen LogP contribution in [0.1, 0.15) is 39.7 Å². The van der Waals surface area contributed by atoms with Crippen molar-refractivity contribution in [1.29, 1.82) is 0 Å². The van der Waals surface area contributed by atoms with E-state index in [2.05, 4.69) is 57.3 Å². The molecule has 0 radical (unpaired) electrons. The average molecular weight is 249 g/mol. The molecule has 0 aliphatic rings. The number of rotatable bonds is 8. The van der Waals surface area contributed by atoms with Crippen LogP contribution in [0.4, 0.5) is 0 Å². The van der Waals surface area contributed by atoms with Gasteiger partial charge in [-0.3, -0.25) is 0 Å². The van der Waals surface area contributed by atoms with Gasteiger partial charge in [0.25, 0.3) is 0 Å². The molecule has 1 atom stereocenters. The lowest BCUT2D eigenvalue weighted by molar-refractivity contribution is 0.230. The van der Waals surface area contributed by atoms with Crippen LogP contribution >= 0.6 is 0 Å². The van der Waals surface area contributed by atoms with Crippen molar-refractivity contribution >= 4 is 0 Å². The summed E-state index contributed by atoms with van der Waals surface area (Å²) in [6.45, 7) is 10.6. The Morgan fingerprint density at radius 1 is 1.11 bits per heavy atom. The number of ether oxygens (including phenoxy) is 1. The van der Waals surface area contributed by atoms with Crippen molar-refractivity contribution in [3.05, 3.63) is 29.8 Å². The summed E-state index contributed by atoms with van der Waals surface area (Å²) < 4.78 is 5.86. The molecule has 0 saturated carbocycles. The van der Waals surface area contributed by atoms with Crippen LogP contribution < -0.4 is 10.1 Å². The number of aryl methyl sites for hydroxylation is 1. The summed E-state index contributed by atoms with van der Waals surface area (Å²) in [5.74, 6) is 1.56. The van der Waals surface area contributed by atoms with Crippen LogP contribution in [0.3, 0.4) is 0 Å². The van der Waals surface area contributed by atoms with E-state index in [1.165, 1.54) is 5.56 Å². The van der Waals surface area contributed by atoms with E-state index in [9.17, 15) is 0 Å². The van der Waals surface area contributed by atoms with Gasteiger partial charge in [-0.25, -0.2) is 0 Å². The van der Waals surface area contributed by atoms with Gasteiger partial charge < -0.3 is 10.1 Å². The van der Waals surface area contributed by atoms with Crippen LogP contribution in [-0.2, 0) is 6.42 Å². The van der Waals surface area contributed by atoms with Crippen LogP contribution in [0.15, 0.2) is 24.3 Å². The second-order valence-electron chi connectivity index (χ2n) is 5.11. The molecule has 1 aromatic rings. The summed E-state index contributed by atoms with van der Waals surface area (Å²) in [6, 6.07) is 8.83. The van der Waals surface area contributed by atoms with Crippen molar-refractivity contribution in [2.45, 2.75) is 46.6 Å². The second-order valence-corrected chi connectivity index (χ2v) is 5.11. The number of hydrogen-bond donors (Lipinski definition) is 1. The van der Waals surface area contributed by atoms with Gasteiger partial charge in [0.05, 0.1) is 0 Å². The van der Waals surface area contributed by atoms with Crippen molar-refractivity contribution in [2.24, 2.45) is 5.92 Å². The van der Waals surface area contributed by atoms with Crippen LogP contribution in [-0.4, -0.2) is 19.2 Å². The fraction of sp³-hybridized carbons (Fsp3) is 0.625. The average Bonchev–Trinajstić information content (AvgIpc) is 2.39. The van der Waals surface area contributed by atoms with Gasteiger partial charge in [-0.1, -0.05) is 39.8 Å². The van der Waals surface area contributed by atoms with E-state index >= 15 is 0 Å². The molecule has 0 heterocycles. The lowest BCUT2D eigenvalue weighted by Gasteiger charge is -2.22. The Hall–Kier alpha value is -1.02. The molecule has 0 saturated heterocycles. The molecule has 0 fully saturated rings. The van der Waals surface area contributed by atoms with E-state index < -0.39 is 0 Å². The van der Waals surface area contributed by atoms with Crippen LogP contribution in [0.5, 0.6) is 5.75 Å². The Kier molecular flexibility index (Phi) is 6.81.